The zero-order valence-corrected chi connectivity index (χ0v) is 6.18. The van der Waals surface area contributed by atoms with Gasteiger partial charge in [-0.1, -0.05) is 6.58 Å². The first-order chi connectivity index (χ1) is 4.16. The molecule has 0 atom stereocenters. The van der Waals surface area contributed by atoms with E-state index in [1.54, 1.807) is 6.21 Å². The van der Waals surface area contributed by atoms with Crippen LogP contribution in [0.5, 0.6) is 0 Å². The van der Waals surface area contributed by atoms with Crippen LogP contribution in [0.2, 0.25) is 0 Å². The molecule has 0 saturated heterocycles. The summed E-state index contributed by atoms with van der Waals surface area (Å²) >= 11 is 0. The number of allylic oxidation sites excluding steroid dienone is 1. The van der Waals surface area contributed by atoms with E-state index in [9.17, 15) is 0 Å². The summed E-state index contributed by atoms with van der Waals surface area (Å²) in [6, 6.07) is 0. The van der Waals surface area contributed by atoms with E-state index in [2.05, 4.69) is 16.6 Å². The fraction of sp³-hybridized carbons (Fsp3) is 0.429. The van der Waals surface area contributed by atoms with Crippen LogP contribution < -0.4 is 0 Å². The first-order valence-electron chi connectivity index (χ1n) is 2.86. The zero-order chi connectivity index (χ0) is 7.28. The van der Waals surface area contributed by atoms with Gasteiger partial charge in [0.15, 0.2) is 0 Å². The van der Waals surface area contributed by atoms with Gasteiger partial charge in [-0.3, -0.25) is 0 Å². The molecule has 2 nitrogen and oxygen atoms in total. The van der Waals surface area contributed by atoms with Gasteiger partial charge in [0.25, 0.3) is 0 Å². The summed E-state index contributed by atoms with van der Waals surface area (Å²) in [6.45, 7) is 9.16. The van der Waals surface area contributed by atoms with Crippen LogP contribution in [0.25, 0.3) is 0 Å². The molecule has 9 heavy (non-hydrogen) atoms. The highest BCUT2D eigenvalue weighted by Gasteiger charge is 1.80. The van der Waals surface area contributed by atoms with E-state index in [1.165, 1.54) is 0 Å². The summed E-state index contributed by atoms with van der Waals surface area (Å²) in [7, 11) is 0. The summed E-state index contributed by atoms with van der Waals surface area (Å²) in [5.74, 6) is 0.755. The molecule has 0 fully saturated rings. The molecule has 0 rings (SSSR count). The fourth-order valence-electron chi connectivity index (χ4n) is 0.492. The lowest BCUT2D eigenvalue weighted by Crippen LogP contribution is -1.84. The van der Waals surface area contributed by atoms with Crippen molar-refractivity contribution in [3.8, 4) is 0 Å². The molecular formula is C7H12N2. The Morgan fingerprint density at radius 1 is 1.44 bits per heavy atom. The highest BCUT2D eigenvalue weighted by molar-refractivity contribution is 5.87. The molecule has 0 saturated carbocycles. The third kappa shape index (κ3) is 4.94. The predicted molar refractivity (Wildman–Crippen MR) is 42.1 cm³/mol. The quantitative estimate of drug-likeness (QED) is 0.377. The molecule has 50 valence electrons. The van der Waals surface area contributed by atoms with Crippen molar-refractivity contribution in [3.05, 3.63) is 12.3 Å². The van der Waals surface area contributed by atoms with Crippen LogP contribution >= 0.6 is 0 Å². The smallest absolute Gasteiger partial charge is 0.125 e. The highest BCUT2D eigenvalue weighted by atomic mass is 14.9. The van der Waals surface area contributed by atoms with Crippen molar-refractivity contribution in [1.29, 1.82) is 0 Å². The van der Waals surface area contributed by atoms with E-state index in [4.69, 9.17) is 0 Å². The minimum absolute atomic E-state index is 0.755. The van der Waals surface area contributed by atoms with Crippen molar-refractivity contribution in [2.45, 2.75) is 20.8 Å². The van der Waals surface area contributed by atoms with Crippen molar-refractivity contribution in [3.63, 3.8) is 0 Å². The molecule has 0 heterocycles. The van der Waals surface area contributed by atoms with Gasteiger partial charge in [-0.05, 0) is 20.8 Å². The van der Waals surface area contributed by atoms with Crippen molar-refractivity contribution in [2.24, 2.45) is 9.98 Å². The standard InChI is InChI=1S/C7H12N2/c1-5-8-7(4)9-6(2)3/h5H,2H2,1,3-4H3/b8-5-,9-7-. The van der Waals surface area contributed by atoms with Crippen molar-refractivity contribution >= 4 is 12.1 Å². The first kappa shape index (κ1) is 8.08. The molecule has 0 aliphatic rings. The molecule has 0 N–H and O–H groups in total. The second-order valence-electron chi connectivity index (χ2n) is 1.78. The van der Waals surface area contributed by atoms with Crippen molar-refractivity contribution < 1.29 is 0 Å². The molecule has 0 unspecified atom stereocenters. The molecule has 0 aromatic carbocycles. The minimum atomic E-state index is 0.755. The topological polar surface area (TPSA) is 24.7 Å². The lowest BCUT2D eigenvalue weighted by atomic mass is 10.5. The maximum atomic E-state index is 3.99. The van der Waals surface area contributed by atoms with Crippen molar-refractivity contribution in [1.82, 2.24) is 0 Å². The van der Waals surface area contributed by atoms with Crippen LogP contribution in [0, 0.1) is 0 Å². The average molecular weight is 124 g/mol. The fourth-order valence-corrected chi connectivity index (χ4v) is 0.492. The Morgan fingerprint density at radius 2 is 2.00 bits per heavy atom. The monoisotopic (exact) mass is 124 g/mol. The Balaban J connectivity index is 4.00. The van der Waals surface area contributed by atoms with Gasteiger partial charge in [0.2, 0.25) is 0 Å². The number of amidine groups is 1. The first-order valence-corrected chi connectivity index (χ1v) is 2.86. The molecule has 0 bridgehead atoms. The Kier molecular flexibility index (Phi) is 3.60. The van der Waals surface area contributed by atoms with Crippen molar-refractivity contribution in [2.75, 3.05) is 0 Å². The maximum Gasteiger partial charge on any atom is 0.125 e. The second kappa shape index (κ2) is 4.01. The second-order valence-corrected chi connectivity index (χ2v) is 1.78. The third-order valence-electron chi connectivity index (χ3n) is 0.669. The van der Waals surface area contributed by atoms with Crippen LogP contribution in [0.1, 0.15) is 20.8 Å². The molecule has 0 spiro atoms. The lowest BCUT2D eigenvalue weighted by molar-refractivity contribution is 1.30. The van der Waals surface area contributed by atoms with E-state index in [1.807, 2.05) is 20.8 Å². The van der Waals surface area contributed by atoms with Gasteiger partial charge in [0, 0.05) is 11.9 Å². The van der Waals surface area contributed by atoms with E-state index in [-0.39, 0.29) is 0 Å². The number of hydrogen-bond acceptors (Lipinski definition) is 1. The summed E-state index contributed by atoms with van der Waals surface area (Å²) < 4.78 is 0. The van der Waals surface area contributed by atoms with E-state index < -0.39 is 0 Å². The number of rotatable bonds is 1. The van der Waals surface area contributed by atoms with Crippen LogP contribution in [0.3, 0.4) is 0 Å². The van der Waals surface area contributed by atoms with Gasteiger partial charge in [0.1, 0.15) is 5.84 Å². The summed E-state index contributed by atoms with van der Waals surface area (Å²) in [5.41, 5.74) is 0.790. The lowest BCUT2D eigenvalue weighted by Gasteiger charge is -1.88. The SMILES string of the molecule is C=C(C)/N=C(C)\N=C/C. The van der Waals surface area contributed by atoms with Gasteiger partial charge >= 0.3 is 0 Å². The van der Waals surface area contributed by atoms with Crippen LogP contribution in [0.4, 0.5) is 0 Å². The maximum absolute atomic E-state index is 3.99. The normalized spacial score (nSPS) is 12.6. The van der Waals surface area contributed by atoms with Gasteiger partial charge in [0.05, 0.1) is 0 Å². The molecule has 0 aliphatic carbocycles. The van der Waals surface area contributed by atoms with Crippen LogP contribution in [-0.4, -0.2) is 12.1 Å². The Morgan fingerprint density at radius 3 is 2.33 bits per heavy atom. The van der Waals surface area contributed by atoms with Gasteiger partial charge in [-0.15, -0.1) is 0 Å². The Labute approximate surface area is 56.0 Å². The number of aliphatic imine (C=N–C) groups is 2. The van der Waals surface area contributed by atoms with Crippen LogP contribution in [-0.2, 0) is 0 Å². The molecule has 0 aliphatic heterocycles. The molecular weight excluding hydrogens is 112 g/mol. The highest BCUT2D eigenvalue weighted by Crippen LogP contribution is 1.90. The molecule has 0 amide bonds. The molecule has 0 aromatic heterocycles. The van der Waals surface area contributed by atoms with Gasteiger partial charge < -0.3 is 0 Å². The van der Waals surface area contributed by atoms with E-state index in [0.29, 0.717) is 0 Å². The summed E-state index contributed by atoms with van der Waals surface area (Å²) in [6.07, 6.45) is 1.71. The van der Waals surface area contributed by atoms with E-state index >= 15 is 0 Å². The van der Waals surface area contributed by atoms with Gasteiger partial charge in [-0.25, -0.2) is 9.98 Å². The number of hydrogen-bond donors (Lipinski definition) is 0. The minimum Gasteiger partial charge on any atom is -0.246 e. The zero-order valence-electron chi connectivity index (χ0n) is 6.18. The predicted octanol–water partition coefficient (Wildman–Crippen LogP) is 2.03. The molecule has 2 heteroatoms. The Hall–Kier alpha value is -0.920. The third-order valence-corrected chi connectivity index (χ3v) is 0.669. The van der Waals surface area contributed by atoms with Crippen LogP contribution in [0.15, 0.2) is 22.3 Å². The molecule has 0 aromatic rings. The summed E-state index contributed by atoms with van der Waals surface area (Å²) in [5, 5.41) is 0. The average Bonchev–Trinajstić information content (AvgIpc) is 1.63. The van der Waals surface area contributed by atoms with E-state index in [0.717, 1.165) is 11.5 Å². The molecule has 0 radical (unpaired) electrons. The Bertz CT molecular complexity index is 154. The number of nitrogens with zero attached hydrogens (tertiary/aromatic N) is 2. The largest absolute Gasteiger partial charge is 0.246 e. The van der Waals surface area contributed by atoms with Gasteiger partial charge in [-0.2, -0.15) is 0 Å². The summed E-state index contributed by atoms with van der Waals surface area (Å²) in [4.78, 5) is 7.92.